The number of rotatable bonds is 7. The van der Waals surface area contributed by atoms with Gasteiger partial charge in [0.05, 0.1) is 27.4 Å². The van der Waals surface area contributed by atoms with E-state index in [1.165, 1.54) is 30.3 Å². The van der Waals surface area contributed by atoms with E-state index < -0.39 is 38.2 Å². The molecule has 1 saturated heterocycles. The lowest BCUT2D eigenvalue weighted by atomic mass is 10.2. The summed E-state index contributed by atoms with van der Waals surface area (Å²) in [6.07, 6.45) is 1.45. The van der Waals surface area contributed by atoms with Gasteiger partial charge < -0.3 is 4.74 Å². The van der Waals surface area contributed by atoms with Gasteiger partial charge in [-0.2, -0.15) is 0 Å². The summed E-state index contributed by atoms with van der Waals surface area (Å²) in [5, 5.41) is 21.8. The second kappa shape index (κ2) is 10.1. The number of benzene rings is 3. The predicted molar refractivity (Wildman–Crippen MR) is 129 cm³/mol. The molecular formula is C23H13ClFN3O7S. The Morgan fingerprint density at radius 3 is 2.50 bits per heavy atom. The highest BCUT2D eigenvalue weighted by atomic mass is 35.5. The maximum atomic E-state index is 13.3. The highest BCUT2D eigenvalue weighted by Crippen LogP contribution is 2.37. The van der Waals surface area contributed by atoms with Crippen molar-refractivity contribution in [3.63, 3.8) is 0 Å². The number of ether oxygens (including phenoxy) is 1. The highest BCUT2D eigenvalue weighted by molar-refractivity contribution is 8.18. The first kappa shape index (κ1) is 24.8. The number of non-ortho nitro benzene ring substituents is 1. The molecule has 1 aliphatic rings. The molecule has 13 heteroatoms. The van der Waals surface area contributed by atoms with Gasteiger partial charge in [-0.3, -0.25) is 34.7 Å². The fraction of sp³-hybridized carbons (Fsp3) is 0.0435. The van der Waals surface area contributed by atoms with Crippen molar-refractivity contribution in [1.29, 1.82) is 0 Å². The van der Waals surface area contributed by atoms with Gasteiger partial charge in [-0.25, -0.2) is 4.39 Å². The van der Waals surface area contributed by atoms with Gasteiger partial charge in [-0.05, 0) is 59.3 Å². The molecule has 4 rings (SSSR count). The van der Waals surface area contributed by atoms with Gasteiger partial charge in [-0.1, -0.05) is 29.8 Å². The molecule has 3 aromatic carbocycles. The van der Waals surface area contributed by atoms with Gasteiger partial charge in [0.15, 0.2) is 0 Å². The van der Waals surface area contributed by atoms with Gasteiger partial charge >= 0.3 is 5.69 Å². The third kappa shape index (κ3) is 5.34. The van der Waals surface area contributed by atoms with Crippen molar-refractivity contribution in [2.45, 2.75) is 6.54 Å². The number of nitro benzene ring substituents is 2. The topological polar surface area (TPSA) is 133 Å². The Morgan fingerprint density at radius 2 is 1.81 bits per heavy atom. The molecule has 0 N–H and O–H groups in total. The molecule has 36 heavy (non-hydrogen) atoms. The number of hydrogen-bond donors (Lipinski definition) is 0. The van der Waals surface area contributed by atoms with Crippen molar-refractivity contribution < 1.29 is 28.6 Å². The van der Waals surface area contributed by atoms with Crippen LogP contribution in [0.5, 0.6) is 11.5 Å². The van der Waals surface area contributed by atoms with Crippen LogP contribution in [-0.2, 0) is 11.3 Å². The average molecular weight is 530 g/mol. The van der Waals surface area contributed by atoms with Crippen LogP contribution < -0.4 is 4.74 Å². The van der Waals surface area contributed by atoms with Gasteiger partial charge in [0, 0.05) is 11.1 Å². The fourth-order valence-corrected chi connectivity index (χ4v) is 4.32. The number of nitrogens with zero attached hydrogens (tertiary/aromatic N) is 3. The fourth-order valence-electron chi connectivity index (χ4n) is 3.25. The molecule has 182 valence electrons. The van der Waals surface area contributed by atoms with E-state index in [0.29, 0.717) is 22.9 Å². The minimum Gasteiger partial charge on any atom is -0.450 e. The summed E-state index contributed by atoms with van der Waals surface area (Å²) in [5.74, 6) is -1.15. The standard InChI is InChI=1S/C23H13ClFN3O7S/c24-18-10-15(25)5-4-14(18)12-26-22(29)21(36-23(26)30)9-13-2-1-3-17(8-13)35-20-7-6-16(27(31)32)11-19(20)28(33)34/h1-11H,12H2/b21-9-. The smallest absolute Gasteiger partial charge is 0.318 e. The Labute approximate surface area is 211 Å². The summed E-state index contributed by atoms with van der Waals surface area (Å²) in [7, 11) is 0. The van der Waals surface area contributed by atoms with E-state index in [4.69, 9.17) is 16.3 Å². The molecule has 10 nitrogen and oxygen atoms in total. The molecule has 3 aromatic rings. The molecule has 0 atom stereocenters. The van der Waals surface area contributed by atoms with Crippen LogP contribution in [0, 0.1) is 26.0 Å². The maximum Gasteiger partial charge on any atom is 0.318 e. The first-order valence-corrected chi connectivity index (χ1v) is 11.2. The Hall–Kier alpha value is -4.29. The molecule has 0 spiro atoms. The van der Waals surface area contributed by atoms with Crippen LogP contribution in [0.1, 0.15) is 11.1 Å². The Balaban J connectivity index is 1.55. The zero-order valence-corrected chi connectivity index (χ0v) is 19.5. The van der Waals surface area contributed by atoms with Crippen LogP contribution in [0.2, 0.25) is 5.02 Å². The van der Waals surface area contributed by atoms with Crippen LogP contribution >= 0.6 is 23.4 Å². The minimum atomic E-state index is -0.796. The SMILES string of the molecule is O=C1S/C(=C\c2cccc(Oc3ccc([N+](=O)[O-])cc3[N+](=O)[O-])c2)C(=O)N1Cc1ccc(F)cc1Cl. The summed E-state index contributed by atoms with van der Waals surface area (Å²) in [6.45, 7) is -0.131. The van der Waals surface area contributed by atoms with E-state index >= 15 is 0 Å². The molecule has 0 bridgehead atoms. The molecule has 0 saturated carbocycles. The van der Waals surface area contributed by atoms with Crippen LogP contribution in [0.3, 0.4) is 0 Å². The molecule has 1 fully saturated rings. The number of hydrogen-bond acceptors (Lipinski definition) is 8. The third-order valence-corrected chi connectivity index (χ3v) is 6.21. The van der Waals surface area contributed by atoms with E-state index in [-0.39, 0.29) is 28.0 Å². The lowest BCUT2D eigenvalue weighted by Gasteiger charge is -2.13. The number of carbonyl (C=O) groups excluding carboxylic acids is 2. The highest BCUT2D eigenvalue weighted by Gasteiger charge is 2.35. The van der Waals surface area contributed by atoms with Crippen molar-refractivity contribution >= 4 is 52.0 Å². The molecule has 2 amide bonds. The van der Waals surface area contributed by atoms with Gasteiger partial charge in [0.1, 0.15) is 11.6 Å². The maximum absolute atomic E-state index is 13.3. The zero-order chi connectivity index (χ0) is 26.0. The van der Waals surface area contributed by atoms with Crippen LogP contribution in [0.15, 0.2) is 65.6 Å². The minimum absolute atomic E-state index is 0.0863. The van der Waals surface area contributed by atoms with Crippen molar-refractivity contribution in [1.82, 2.24) is 4.90 Å². The van der Waals surface area contributed by atoms with E-state index in [1.807, 2.05) is 0 Å². The lowest BCUT2D eigenvalue weighted by molar-refractivity contribution is -0.394. The van der Waals surface area contributed by atoms with Crippen LogP contribution in [-0.4, -0.2) is 25.9 Å². The molecule has 0 aliphatic carbocycles. The number of imide groups is 1. The van der Waals surface area contributed by atoms with Crippen LogP contribution in [0.4, 0.5) is 20.6 Å². The molecule has 0 radical (unpaired) electrons. The Bertz CT molecular complexity index is 1460. The first-order chi connectivity index (χ1) is 17.1. The molecular weight excluding hydrogens is 517 g/mol. The number of halogens is 2. The zero-order valence-electron chi connectivity index (χ0n) is 17.9. The Morgan fingerprint density at radius 1 is 1.03 bits per heavy atom. The first-order valence-electron chi connectivity index (χ1n) is 10.0. The van der Waals surface area contributed by atoms with E-state index in [2.05, 4.69) is 0 Å². The second-order valence-electron chi connectivity index (χ2n) is 7.34. The van der Waals surface area contributed by atoms with E-state index in [9.17, 15) is 34.2 Å². The largest absolute Gasteiger partial charge is 0.450 e. The number of amides is 2. The van der Waals surface area contributed by atoms with Crippen LogP contribution in [0.25, 0.3) is 6.08 Å². The molecule has 1 aliphatic heterocycles. The summed E-state index contributed by atoms with van der Waals surface area (Å²) in [4.78, 5) is 47.1. The van der Waals surface area contributed by atoms with E-state index in [0.717, 1.165) is 29.2 Å². The van der Waals surface area contributed by atoms with Gasteiger partial charge in [0.25, 0.3) is 16.8 Å². The number of thioether (sulfide) groups is 1. The Kier molecular flexibility index (Phi) is 6.99. The predicted octanol–water partition coefficient (Wildman–Crippen LogP) is 6.32. The summed E-state index contributed by atoms with van der Waals surface area (Å²) >= 11 is 6.72. The molecule has 0 unspecified atom stereocenters. The van der Waals surface area contributed by atoms with Gasteiger partial charge in [-0.15, -0.1) is 0 Å². The van der Waals surface area contributed by atoms with Crippen molar-refractivity contribution in [2.75, 3.05) is 0 Å². The van der Waals surface area contributed by atoms with Crippen molar-refractivity contribution in [2.24, 2.45) is 0 Å². The molecule has 0 aromatic heterocycles. The summed E-state index contributed by atoms with van der Waals surface area (Å²) in [5.41, 5.74) is -0.181. The summed E-state index contributed by atoms with van der Waals surface area (Å²) < 4.78 is 18.9. The number of carbonyl (C=O) groups is 2. The number of nitro groups is 2. The van der Waals surface area contributed by atoms with Crippen molar-refractivity contribution in [3.8, 4) is 11.5 Å². The third-order valence-electron chi connectivity index (χ3n) is 4.95. The monoisotopic (exact) mass is 529 g/mol. The molecule has 1 heterocycles. The normalized spacial score (nSPS) is 14.4. The van der Waals surface area contributed by atoms with E-state index in [1.54, 1.807) is 12.1 Å². The summed E-state index contributed by atoms with van der Waals surface area (Å²) in [6, 6.07) is 12.8. The van der Waals surface area contributed by atoms with Gasteiger partial charge in [0.2, 0.25) is 5.75 Å². The lowest BCUT2D eigenvalue weighted by Crippen LogP contribution is -2.27. The second-order valence-corrected chi connectivity index (χ2v) is 8.74. The van der Waals surface area contributed by atoms with Crippen molar-refractivity contribution in [3.05, 3.63) is 108 Å². The average Bonchev–Trinajstić information content (AvgIpc) is 3.08. The quantitative estimate of drug-likeness (QED) is 0.197.